The van der Waals surface area contributed by atoms with Gasteiger partial charge in [-0.1, -0.05) is 0 Å². The van der Waals surface area contributed by atoms with Gasteiger partial charge in [-0.05, 0) is 24.3 Å². The maximum absolute atomic E-state index is 12.1. The van der Waals surface area contributed by atoms with Gasteiger partial charge in [-0.2, -0.15) is 5.26 Å². The van der Waals surface area contributed by atoms with Crippen molar-refractivity contribution in [1.82, 2.24) is 4.90 Å². The molecule has 2 amide bonds. The van der Waals surface area contributed by atoms with Crippen molar-refractivity contribution < 1.29 is 14.6 Å². The third kappa shape index (κ3) is 4.18. The van der Waals surface area contributed by atoms with E-state index in [1.54, 1.807) is 31.3 Å². The molecule has 1 aliphatic heterocycles. The Morgan fingerprint density at radius 3 is 2.62 bits per heavy atom. The molecule has 1 aromatic carbocycles. The second-order valence-corrected chi connectivity index (χ2v) is 5.31. The molecule has 1 fully saturated rings. The average molecular weight is 289 g/mol. The molecule has 6 heteroatoms. The van der Waals surface area contributed by atoms with Crippen LogP contribution < -0.4 is 5.32 Å². The minimum absolute atomic E-state index is 0.262. The molecule has 1 heterocycles. The monoisotopic (exact) mass is 289 g/mol. The Morgan fingerprint density at radius 1 is 1.43 bits per heavy atom. The van der Waals surface area contributed by atoms with Crippen molar-refractivity contribution in [2.24, 2.45) is 0 Å². The van der Waals surface area contributed by atoms with Gasteiger partial charge in [0.1, 0.15) is 0 Å². The normalized spacial score (nSPS) is 16.8. The third-order valence-electron chi connectivity index (χ3n) is 3.57. The Hall–Kier alpha value is -2.10. The summed E-state index contributed by atoms with van der Waals surface area (Å²) in [7, 11) is 1.65. The molecule has 1 aliphatic rings. The number of carbonyl (C=O) groups is 1. The first-order valence-corrected chi connectivity index (χ1v) is 6.85. The summed E-state index contributed by atoms with van der Waals surface area (Å²) in [6.45, 7) is 1.29. The zero-order chi connectivity index (χ0) is 15.3. The molecule has 6 nitrogen and oxygen atoms in total. The quantitative estimate of drug-likeness (QED) is 0.884. The van der Waals surface area contributed by atoms with Crippen molar-refractivity contribution in [2.75, 3.05) is 32.1 Å². The van der Waals surface area contributed by atoms with E-state index in [9.17, 15) is 9.90 Å². The summed E-state index contributed by atoms with van der Waals surface area (Å²) in [6, 6.07) is 8.36. The number of hydrogen-bond donors (Lipinski definition) is 2. The molecule has 1 saturated heterocycles. The van der Waals surface area contributed by atoms with Crippen LogP contribution in [0, 0.1) is 11.3 Å². The van der Waals surface area contributed by atoms with E-state index in [2.05, 4.69) is 5.32 Å². The predicted octanol–water partition coefficient (Wildman–Crippen LogP) is 1.56. The number of urea groups is 1. The number of nitriles is 1. The smallest absolute Gasteiger partial charge is 0.321 e. The highest BCUT2D eigenvalue weighted by molar-refractivity contribution is 5.89. The SMILES string of the molecule is CN(CC1(O)CCOCC1)C(=O)Nc1ccc(C#N)cc1. The Balaban J connectivity index is 1.91. The van der Waals surface area contributed by atoms with Crippen LogP contribution in [0.3, 0.4) is 0 Å². The summed E-state index contributed by atoms with van der Waals surface area (Å²) in [6.07, 6.45) is 1.06. The van der Waals surface area contributed by atoms with Crippen LogP contribution in [0.25, 0.3) is 0 Å². The lowest BCUT2D eigenvalue weighted by Gasteiger charge is -2.35. The molecular weight excluding hydrogens is 270 g/mol. The number of nitrogens with zero attached hydrogens (tertiary/aromatic N) is 2. The standard InChI is InChI=1S/C15H19N3O3/c1-18(11-15(20)6-8-21-9-7-15)14(19)17-13-4-2-12(10-16)3-5-13/h2-5,20H,6-9,11H2,1H3,(H,17,19). The minimum Gasteiger partial charge on any atom is -0.388 e. The molecule has 21 heavy (non-hydrogen) atoms. The van der Waals surface area contributed by atoms with E-state index in [1.807, 2.05) is 6.07 Å². The van der Waals surface area contributed by atoms with E-state index >= 15 is 0 Å². The number of ether oxygens (including phenoxy) is 1. The molecule has 0 spiro atoms. The number of amides is 2. The summed E-state index contributed by atoms with van der Waals surface area (Å²) < 4.78 is 5.22. The molecule has 2 N–H and O–H groups in total. The van der Waals surface area contributed by atoms with Crippen molar-refractivity contribution in [3.63, 3.8) is 0 Å². The van der Waals surface area contributed by atoms with Gasteiger partial charge in [0.15, 0.2) is 0 Å². The second kappa shape index (κ2) is 6.57. The largest absolute Gasteiger partial charge is 0.388 e. The number of benzene rings is 1. The first-order valence-electron chi connectivity index (χ1n) is 6.85. The molecule has 1 aromatic rings. The van der Waals surface area contributed by atoms with Gasteiger partial charge in [0.25, 0.3) is 0 Å². The van der Waals surface area contributed by atoms with E-state index < -0.39 is 5.60 Å². The summed E-state index contributed by atoms with van der Waals surface area (Å²) in [4.78, 5) is 13.6. The molecule has 2 rings (SSSR count). The highest BCUT2D eigenvalue weighted by atomic mass is 16.5. The Labute approximate surface area is 123 Å². The van der Waals surface area contributed by atoms with Crippen molar-refractivity contribution in [3.05, 3.63) is 29.8 Å². The van der Waals surface area contributed by atoms with E-state index in [0.717, 1.165) is 0 Å². The molecular formula is C15H19N3O3. The maximum atomic E-state index is 12.1. The molecule has 0 radical (unpaired) electrons. The predicted molar refractivity (Wildman–Crippen MR) is 77.8 cm³/mol. The first-order chi connectivity index (χ1) is 10.0. The molecule has 0 unspecified atom stereocenters. The third-order valence-corrected chi connectivity index (χ3v) is 3.57. The maximum Gasteiger partial charge on any atom is 0.321 e. The summed E-state index contributed by atoms with van der Waals surface area (Å²) in [5.74, 6) is 0. The van der Waals surface area contributed by atoms with Gasteiger partial charge in [-0.15, -0.1) is 0 Å². The van der Waals surface area contributed by atoms with Crippen molar-refractivity contribution in [2.45, 2.75) is 18.4 Å². The molecule has 0 aliphatic carbocycles. The fraction of sp³-hybridized carbons (Fsp3) is 0.467. The van der Waals surface area contributed by atoms with Crippen LogP contribution in [0.2, 0.25) is 0 Å². The van der Waals surface area contributed by atoms with Crippen molar-refractivity contribution >= 4 is 11.7 Å². The number of nitrogens with one attached hydrogen (secondary N) is 1. The van der Waals surface area contributed by atoms with Gasteiger partial charge in [0.2, 0.25) is 0 Å². The topological polar surface area (TPSA) is 85.6 Å². The molecule has 0 bridgehead atoms. The van der Waals surface area contributed by atoms with E-state index in [4.69, 9.17) is 10.00 Å². The molecule has 112 valence electrons. The van der Waals surface area contributed by atoms with Crippen LogP contribution in [0.1, 0.15) is 18.4 Å². The molecule has 0 aromatic heterocycles. The van der Waals surface area contributed by atoms with Gasteiger partial charge in [-0.25, -0.2) is 4.79 Å². The van der Waals surface area contributed by atoms with Gasteiger partial charge in [0, 0.05) is 38.8 Å². The lowest BCUT2D eigenvalue weighted by Crippen LogP contribution is -2.48. The molecule has 0 atom stereocenters. The van der Waals surface area contributed by atoms with Crippen molar-refractivity contribution in [3.8, 4) is 6.07 Å². The average Bonchev–Trinajstić information content (AvgIpc) is 2.48. The minimum atomic E-state index is -0.880. The van der Waals surface area contributed by atoms with Crippen LogP contribution in [0.5, 0.6) is 0 Å². The zero-order valence-corrected chi connectivity index (χ0v) is 12.0. The Morgan fingerprint density at radius 2 is 2.05 bits per heavy atom. The van der Waals surface area contributed by atoms with Crippen LogP contribution in [-0.4, -0.2) is 48.4 Å². The van der Waals surface area contributed by atoms with Crippen LogP contribution in [0.4, 0.5) is 10.5 Å². The van der Waals surface area contributed by atoms with Gasteiger partial charge in [0.05, 0.1) is 23.8 Å². The van der Waals surface area contributed by atoms with Crippen LogP contribution in [0.15, 0.2) is 24.3 Å². The van der Waals surface area contributed by atoms with Gasteiger partial charge >= 0.3 is 6.03 Å². The lowest BCUT2D eigenvalue weighted by molar-refractivity contribution is -0.0717. The zero-order valence-electron chi connectivity index (χ0n) is 12.0. The second-order valence-electron chi connectivity index (χ2n) is 5.31. The Kier molecular flexibility index (Phi) is 4.78. The van der Waals surface area contributed by atoms with Crippen molar-refractivity contribution in [1.29, 1.82) is 5.26 Å². The van der Waals surface area contributed by atoms with Crippen LogP contribution >= 0.6 is 0 Å². The highest BCUT2D eigenvalue weighted by Gasteiger charge is 2.32. The number of likely N-dealkylation sites (N-methyl/N-ethyl adjacent to an activating group) is 1. The molecule has 0 saturated carbocycles. The van der Waals surface area contributed by atoms with E-state index in [-0.39, 0.29) is 12.6 Å². The van der Waals surface area contributed by atoms with E-state index in [1.165, 1.54) is 4.90 Å². The highest BCUT2D eigenvalue weighted by Crippen LogP contribution is 2.21. The number of rotatable bonds is 3. The number of anilines is 1. The summed E-state index contributed by atoms with van der Waals surface area (Å²) >= 11 is 0. The van der Waals surface area contributed by atoms with Crippen LogP contribution in [-0.2, 0) is 4.74 Å². The number of hydrogen-bond acceptors (Lipinski definition) is 4. The Bertz CT molecular complexity index is 530. The summed E-state index contributed by atoms with van der Waals surface area (Å²) in [5.41, 5.74) is 0.275. The lowest BCUT2D eigenvalue weighted by atomic mass is 9.94. The van der Waals surface area contributed by atoms with Gasteiger partial charge < -0.3 is 20.1 Å². The van der Waals surface area contributed by atoms with Gasteiger partial charge in [-0.3, -0.25) is 0 Å². The first kappa shape index (κ1) is 15.3. The summed E-state index contributed by atoms with van der Waals surface area (Å²) in [5, 5.41) is 21.8. The fourth-order valence-corrected chi connectivity index (χ4v) is 2.27. The number of carbonyl (C=O) groups excluding carboxylic acids is 1. The fourth-order valence-electron chi connectivity index (χ4n) is 2.27. The number of aliphatic hydroxyl groups is 1. The van der Waals surface area contributed by atoms with E-state index in [0.29, 0.717) is 37.3 Å².